The number of β-lactam (4-membered cyclic amide) rings is 1. The summed E-state index contributed by atoms with van der Waals surface area (Å²) in [5.41, 5.74) is 8.40. The number of oxime groups is 1. The molecule has 18 nitrogen and oxygen atoms in total. The average molecular weight is 1120 g/mol. The highest BCUT2D eigenvalue weighted by molar-refractivity contribution is 8.00. The van der Waals surface area contributed by atoms with Crippen molar-refractivity contribution in [1.82, 2.24) is 24.8 Å². The molecule has 2 aliphatic heterocycles. The second kappa shape index (κ2) is 21.1. The number of esters is 1. The number of nitrogens with two attached hydrogens (primary N) is 1. The fraction of sp³-hybridized carbons (Fsp3) is 0.279. The standard InChI is InChI=1S/C43H41ClN10O8S4.HI/c1-43(2,3)62-42(58)50-41-48-30(34(44)66-41)31(51-60-5)36(55)47-32-37(56)54-33(39(57)61-20-23-6-8-27(59-4)9-7-23)26(22-65-38(32)54)18-52-13-11-29-24(17-52)10-14-53(29)19-28-16-25(21-64-28)35(45)49-40-46-12-15-63-40;/h6-17,21,32,38H,18-20,22H2,1-5H3,(H3-,45,46,47,48,49,50,55,58);1H/b51-31-;/t32-,38-;/m1./s1. The Morgan fingerprint density at radius 1 is 1.10 bits per heavy atom. The van der Waals surface area contributed by atoms with E-state index in [0.717, 1.165) is 38.2 Å². The van der Waals surface area contributed by atoms with Crippen LogP contribution < -0.4 is 49.6 Å². The Kier molecular flexibility index (Phi) is 15.6. The van der Waals surface area contributed by atoms with Crippen molar-refractivity contribution in [2.45, 2.75) is 57.5 Å². The highest BCUT2D eigenvalue weighted by atomic mass is 127. The zero-order valence-electron chi connectivity index (χ0n) is 36.4. The third-order valence-electron chi connectivity index (χ3n) is 9.92. The summed E-state index contributed by atoms with van der Waals surface area (Å²) in [6.07, 6.45) is 6.85. The van der Waals surface area contributed by atoms with Crippen molar-refractivity contribution < 1.29 is 66.8 Å². The summed E-state index contributed by atoms with van der Waals surface area (Å²) in [5.74, 6) is -0.640. The van der Waals surface area contributed by atoms with Crippen LogP contribution in [-0.4, -0.2) is 91.8 Å². The number of amides is 3. The molecule has 7 heterocycles. The first-order chi connectivity index (χ1) is 31.7. The molecule has 1 saturated heterocycles. The summed E-state index contributed by atoms with van der Waals surface area (Å²) in [4.78, 5) is 74.7. The molecule has 2 atom stereocenters. The molecule has 24 heteroatoms. The number of anilines is 1. The number of benzene rings is 1. The Morgan fingerprint density at radius 3 is 2.61 bits per heavy atom. The minimum Gasteiger partial charge on any atom is -1.00 e. The third-order valence-corrected chi connectivity index (χ3v) is 14.0. The van der Waals surface area contributed by atoms with Gasteiger partial charge in [0.2, 0.25) is 5.13 Å². The molecular formula is C43H42ClIN10O8S4. The molecule has 0 unspecified atom stereocenters. The van der Waals surface area contributed by atoms with Gasteiger partial charge in [-0.3, -0.25) is 19.8 Å². The number of thioether (sulfide) groups is 1. The maximum absolute atomic E-state index is 14.1. The van der Waals surface area contributed by atoms with Crippen LogP contribution in [0.3, 0.4) is 0 Å². The lowest BCUT2D eigenvalue weighted by Gasteiger charge is -2.49. The van der Waals surface area contributed by atoms with Gasteiger partial charge >= 0.3 is 12.1 Å². The van der Waals surface area contributed by atoms with Gasteiger partial charge in [-0.1, -0.05) is 40.2 Å². The van der Waals surface area contributed by atoms with Crippen LogP contribution in [0.4, 0.5) is 15.1 Å². The number of thiophene rings is 1. The zero-order chi connectivity index (χ0) is 46.7. The Bertz CT molecular complexity index is 2910. The van der Waals surface area contributed by atoms with Gasteiger partial charge < -0.3 is 58.6 Å². The van der Waals surface area contributed by atoms with Crippen molar-refractivity contribution in [3.8, 4) is 5.75 Å². The summed E-state index contributed by atoms with van der Waals surface area (Å²) >= 11 is 11.8. The molecule has 67 heavy (non-hydrogen) atoms. The number of thiazole rings is 2. The second-order valence-corrected chi connectivity index (χ2v) is 20.2. The first-order valence-electron chi connectivity index (χ1n) is 20.0. The summed E-state index contributed by atoms with van der Waals surface area (Å²) in [5, 5.41) is 13.9. The smallest absolute Gasteiger partial charge is 0.413 e. The number of aliphatic imine (C=N–C) groups is 1. The number of carbonyl (C=O) groups is 4. The van der Waals surface area contributed by atoms with Gasteiger partial charge in [0.05, 0.1) is 24.6 Å². The van der Waals surface area contributed by atoms with Crippen LogP contribution in [-0.2, 0) is 48.4 Å². The van der Waals surface area contributed by atoms with Crippen LogP contribution >= 0.6 is 57.4 Å². The lowest BCUT2D eigenvalue weighted by molar-refractivity contribution is -0.687. The minimum atomic E-state index is -1.06. The van der Waals surface area contributed by atoms with E-state index in [4.69, 9.17) is 36.4 Å². The molecule has 2 aliphatic rings. The van der Waals surface area contributed by atoms with Crippen LogP contribution in [0.5, 0.6) is 5.75 Å². The SMILES string of the molecule is CO/N=C(\C(=O)N[C@@H]1C(=O)N2C(C(=O)OCc3ccc(OC)cc3)=C(C[n+]3ccc4c(ccn4Cc4cc(C(N)=Nc5nccs5)cs4)c3)CS[C@H]12)c1nc(NC(=O)OC(C)(C)C)sc1Cl.[I-]. The molecule has 0 bridgehead atoms. The molecule has 4 N–H and O–H groups in total. The fourth-order valence-corrected chi connectivity index (χ4v) is 10.7. The lowest BCUT2D eigenvalue weighted by Crippen LogP contribution is -3.00. The molecule has 8 rings (SSSR count). The number of aromatic nitrogens is 4. The molecule has 350 valence electrons. The highest BCUT2D eigenvalue weighted by Gasteiger charge is 2.55. The Labute approximate surface area is 422 Å². The van der Waals surface area contributed by atoms with Gasteiger partial charge in [-0.15, -0.1) is 34.4 Å². The maximum atomic E-state index is 14.1. The molecule has 0 radical (unpaired) electrons. The van der Waals surface area contributed by atoms with E-state index in [9.17, 15) is 19.2 Å². The predicted octanol–water partition coefficient (Wildman–Crippen LogP) is 3.45. The minimum absolute atomic E-state index is 0. The first-order valence-corrected chi connectivity index (χ1v) is 24.0. The molecule has 0 saturated carbocycles. The first kappa shape index (κ1) is 49.3. The van der Waals surface area contributed by atoms with Gasteiger partial charge in [0.15, 0.2) is 29.8 Å². The van der Waals surface area contributed by atoms with Gasteiger partial charge in [-0.05, 0) is 50.6 Å². The number of nitrogens with zero attached hydrogens (tertiary/aromatic N) is 7. The number of methoxy groups -OCH3 is 1. The van der Waals surface area contributed by atoms with E-state index in [1.807, 2.05) is 52.1 Å². The fourth-order valence-electron chi connectivity index (χ4n) is 6.97. The average Bonchev–Trinajstić information content (AvgIpc) is 4.12. The zero-order valence-corrected chi connectivity index (χ0v) is 42.5. The molecule has 0 aliphatic carbocycles. The number of carbonyl (C=O) groups excluding carboxylic acids is 4. The Morgan fingerprint density at radius 2 is 1.90 bits per heavy atom. The van der Waals surface area contributed by atoms with Crippen molar-refractivity contribution >= 4 is 114 Å². The summed E-state index contributed by atoms with van der Waals surface area (Å²) in [6.45, 7) is 5.96. The van der Waals surface area contributed by atoms with E-state index in [1.54, 1.807) is 69.7 Å². The van der Waals surface area contributed by atoms with E-state index in [2.05, 4.69) is 35.3 Å². The molecule has 0 spiro atoms. The van der Waals surface area contributed by atoms with Crippen LogP contribution in [0.25, 0.3) is 10.9 Å². The number of amidine groups is 1. The molecule has 1 fully saturated rings. The molecule has 1 aromatic carbocycles. The molecule has 5 aromatic heterocycles. The Balaban J connectivity index is 0.00000666. The summed E-state index contributed by atoms with van der Waals surface area (Å²) in [7, 11) is 2.80. The number of fused-ring (bicyclic) bond motifs is 2. The van der Waals surface area contributed by atoms with Gasteiger partial charge in [-0.25, -0.2) is 29.1 Å². The van der Waals surface area contributed by atoms with E-state index in [1.165, 1.54) is 35.1 Å². The Hall–Kier alpha value is -5.60. The van der Waals surface area contributed by atoms with E-state index in [-0.39, 0.29) is 63.7 Å². The van der Waals surface area contributed by atoms with Crippen LogP contribution in [0.2, 0.25) is 4.34 Å². The number of halogens is 2. The van der Waals surface area contributed by atoms with E-state index in [0.29, 0.717) is 34.6 Å². The summed E-state index contributed by atoms with van der Waals surface area (Å²) in [6, 6.07) is 12.1. The molecule has 6 aromatic rings. The monoisotopic (exact) mass is 1120 g/mol. The third kappa shape index (κ3) is 11.4. The van der Waals surface area contributed by atoms with Gasteiger partial charge in [-0.2, -0.15) is 0 Å². The van der Waals surface area contributed by atoms with Crippen molar-refractivity contribution in [3.05, 3.63) is 115 Å². The van der Waals surface area contributed by atoms with Crippen molar-refractivity contribution in [1.29, 1.82) is 0 Å². The van der Waals surface area contributed by atoms with Crippen molar-refractivity contribution in [2.24, 2.45) is 15.9 Å². The summed E-state index contributed by atoms with van der Waals surface area (Å²) < 4.78 is 20.5. The number of hydrogen-bond donors (Lipinski definition) is 3. The van der Waals surface area contributed by atoms with Gasteiger partial charge in [0.1, 0.15) is 58.0 Å². The van der Waals surface area contributed by atoms with Crippen LogP contribution in [0.15, 0.2) is 99.4 Å². The second-order valence-electron chi connectivity index (χ2n) is 15.6. The quantitative estimate of drug-likeness (QED) is 0.0257. The number of hydrogen-bond acceptors (Lipinski definition) is 16. The van der Waals surface area contributed by atoms with Crippen molar-refractivity contribution in [2.75, 3.05) is 25.3 Å². The number of nitrogens with one attached hydrogen (secondary N) is 2. The van der Waals surface area contributed by atoms with E-state index >= 15 is 0 Å². The van der Waals surface area contributed by atoms with Crippen molar-refractivity contribution in [3.63, 3.8) is 0 Å². The van der Waals surface area contributed by atoms with Gasteiger partial charge in [0.25, 0.3) is 11.8 Å². The van der Waals surface area contributed by atoms with Crippen LogP contribution in [0.1, 0.15) is 42.5 Å². The highest BCUT2D eigenvalue weighted by Crippen LogP contribution is 2.41. The topological polar surface area (TPSA) is 218 Å². The van der Waals surface area contributed by atoms with Crippen LogP contribution in [0, 0.1) is 0 Å². The number of ether oxygens (including phenoxy) is 3. The lowest BCUT2D eigenvalue weighted by atomic mass is 10.0. The normalized spacial score (nSPS) is 16.2. The predicted molar refractivity (Wildman–Crippen MR) is 253 cm³/mol. The number of rotatable bonds is 15. The maximum Gasteiger partial charge on any atom is 0.413 e. The molecular weight excluding hydrogens is 1080 g/mol. The van der Waals surface area contributed by atoms with E-state index < -0.39 is 40.9 Å². The van der Waals surface area contributed by atoms with Gasteiger partial charge in [0, 0.05) is 51.0 Å². The number of pyridine rings is 1. The molecule has 3 amide bonds. The largest absolute Gasteiger partial charge is 1.00 e.